The van der Waals surface area contributed by atoms with Crippen LogP contribution in [0, 0.1) is 6.92 Å². The van der Waals surface area contributed by atoms with Gasteiger partial charge in [0.25, 0.3) is 0 Å². The number of anilines is 2. The Bertz CT molecular complexity index is 1420. The maximum atomic E-state index is 12.7. The minimum Gasteiger partial charge on any atom is -0.462 e. The van der Waals surface area contributed by atoms with Gasteiger partial charge in [0.15, 0.2) is 10.9 Å². The zero-order chi connectivity index (χ0) is 25.8. The number of hydrogen-bond donors (Lipinski definition) is 1. The van der Waals surface area contributed by atoms with Crippen LogP contribution in [0.4, 0.5) is 10.9 Å². The average Bonchev–Trinajstić information content (AvgIpc) is 3.29. The van der Waals surface area contributed by atoms with Gasteiger partial charge in [-0.3, -0.25) is 9.69 Å². The second-order valence-corrected chi connectivity index (χ2v) is 9.75. The third-order valence-corrected chi connectivity index (χ3v) is 7.31. The van der Waals surface area contributed by atoms with Gasteiger partial charge in [0.05, 0.1) is 18.8 Å². The fourth-order valence-corrected chi connectivity index (χ4v) is 5.32. The van der Waals surface area contributed by atoms with Gasteiger partial charge in [0.1, 0.15) is 10.6 Å². The number of nitrogens with zero attached hydrogens (tertiary/aromatic N) is 5. The normalized spacial score (nSPS) is 14.1. The third kappa shape index (κ3) is 5.45. The number of carbonyl (C=O) groups is 2. The van der Waals surface area contributed by atoms with Gasteiger partial charge in [0.2, 0.25) is 5.91 Å². The van der Waals surface area contributed by atoms with Crippen LogP contribution >= 0.6 is 11.3 Å². The summed E-state index contributed by atoms with van der Waals surface area (Å²) in [5.74, 6) is 0.292. The highest BCUT2D eigenvalue weighted by Crippen LogP contribution is 2.31. The molecule has 2 aromatic carbocycles. The molecule has 0 aliphatic carbocycles. The van der Waals surface area contributed by atoms with E-state index in [0.717, 1.165) is 65.4 Å². The van der Waals surface area contributed by atoms with Gasteiger partial charge in [-0.1, -0.05) is 65.9 Å². The lowest BCUT2D eigenvalue weighted by molar-refractivity contribution is -0.117. The predicted octanol–water partition coefficient (Wildman–Crippen LogP) is 4.00. The maximum Gasteiger partial charge on any atom is 0.350 e. The maximum absolute atomic E-state index is 12.7. The lowest BCUT2D eigenvalue weighted by Gasteiger charge is -2.35. The van der Waals surface area contributed by atoms with Crippen molar-refractivity contribution in [3.63, 3.8) is 0 Å². The van der Waals surface area contributed by atoms with Gasteiger partial charge in [-0.25, -0.2) is 9.78 Å². The third-order valence-electron chi connectivity index (χ3n) is 6.26. The Hall–Kier alpha value is -3.89. The number of carbonyl (C=O) groups excluding carboxylic acids is 2. The van der Waals surface area contributed by atoms with Crippen LogP contribution in [0.1, 0.15) is 22.3 Å². The Morgan fingerprint density at radius 1 is 0.973 bits per heavy atom. The van der Waals surface area contributed by atoms with Crippen LogP contribution in [-0.2, 0) is 9.53 Å². The van der Waals surface area contributed by atoms with E-state index in [1.807, 2.05) is 42.5 Å². The molecule has 0 atom stereocenters. The van der Waals surface area contributed by atoms with E-state index in [9.17, 15) is 9.59 Å². The molecular weight excluding hydrogens is 488 g/mol. The molecule has 0 unspecified atom stereocenters. The van der Waals surface area contributed by atoms with Crippen LogP contribution in [0.2, 0.25) is 0 Å². The number of aromatic nitrogens is 3. The average molecular weight is 517 g/mol. The molecule has 190 valence electrons. The van der Waals surface area contributed by atoms with Gasteiger partial charge in [0, 0.05) is 42.5 Å². The molecule has 1 aliphatic heterocycles. The summed E-state index contributed by atoms with van der Waals surface area (Å²) in [6.45, 7) is 6.94. The first-order valence-corrected chi connectivity index (χ1v) is 13.1. The molecule has 37 heavy (non-hydrogen) atoms. The van der Waals surface area contributed by atoms with Crippen molar-refractivity contribution in [3.8, 4) is 11.3 Å². The number of rotatable bonds is 7. The molecule has 1 amide bonds. The van der Waals surface area contributed by atoms with Crippen LogP contribution in [0.3, 0.4) is 0 Å². The number of thiazole rings is 1. The lowest BCUT2D eigenvalue weighted by Crippen LogP contribution is -2.49. The van der Waals surface area contributed by atoms with Crippen molar-refractivity contribution in [1.82, 2.24) is 20.1 Å². The summed E-state index contributed by atoms with van der Waals surface area (Å²) < 4.78 is 5.05. The quantitative estimate of drug-likeness (QED) is 0.368. The monoisotopic (exact) mass is 516 g/mol. The topological polar surface area (TPSA) is 101 Å². The Kier molecular flexibility index (Phi) is 7.38. The number of amides is 1. The van der Waals surface area contributed by atoms with Crippen molar-refractivity contribution < 1.29 is 14.3 Å². The molecule has 10 heteroatoms. The van der Waals surface area contributed by atoms with E-state index in [0.29, 0.717) is 22.3 Å². The zero-order valence-corrected chi connectivity index (χ0v) is 21.6. The molecule has 9 nitrogen and oxygen atoms in total. The standard InChI is InChI=1S/C27H28N6O3S/c1-3-36-26(35)24-18(2)28-27(37-24)29-22(34)17-32-13-15-33(16-14-32)25-21-12-8-7-11-20(21)23(30-31-25)19-9-5-4-6-10-19/h4-12H,3,13-17H2,1-2H3,(H,28,29,34). The van der Waals surface area contributed by atoms with E-state index in [1.54, 1.807) is 13.8 Å². The first kappa shape index (κ1) is 24.8. The van der Waals surface area contributed by atoms with Crippen molar-refractivity contribution in [3.05, 3.63) is 65.2 Å². The Balaban J connectivity index is 1.22. The van der Waals surface area contributed by atoms with E-state index >= 15 is 0 Å². The molecule has 0 spiro atoms. The minimum atomic E-state index is -0.415. The molecule has 2 aromatic heterocycles. The van der Waals surface area contributed by atoms with E-state index in [2.05, 4.69) is 42.4 Å². The van der Waals surface area contributed by atoms with Crippen molar-refractivity contribution in [1.29, 1.82) is 0 Å². The van der Waals surface area contributed by atoms with Gasteiger partial charge in [-0.2, -0.15) is 0 Å². The molecule has 1 saturated heterocycles. The molecule has 1 aliphatic rings. The van der Waals surface area contributed by atoms with Gasteiger partial charge >= 0.3 is 5.97 Å². The smallest absolute Gasteiger partial charge is 0.350 e. The van der Waals surface area contributed by atoms with Crippen LogP contribution in [-0.4, -0.2) is 71.3 Å². The highest BCUT2D eigenvalue weighted by atomic mass is 32.1. The zero-order valence-electron chi connectivity index (χ0n) is 20.8. The summed E-state index contributed by atoms with van der Waals surface area (Å²) in [6.07, 6.45) is 0. The van der Waals surface area contributed by atoms with E-state index < -0.39 is 5.97 Å². The number of fused-ring (bicyclic) bond motifs is 1. The van der Waals surface area contributed by atoms with Crippen LogP contribution in [0.5, 0.6) is 0 Å². The Morgan fingerprint density at radius 2 is 1.68 bits per heavy atom. The summed E-state index contributed by atoms with van der Waals surface area (Å²) in [6, 6.07) is 18.3. The van der Waals surface area contributed by atoms with Gasteiger partial charge < -0.3 is 15.0 Å². The van der Waals surface area contributed by atoms with Crippen LogP contribution in [0.25, 0.3) is 22.0 Å². The molecule has 0 bridgehead atoms. The SMILES string of the molecule is CCOC(=O)c1sc(NC(=O)CN2CCN(c3nnc(-c4ccccc4)c4ccccc34)CC2)nc1C. The summed E-state index contributed by atoms with van der Waals surface area (Å²) in [4.78, 5) is 33.7. The molecule has 3 heterocycles. The Morgan fingerprint density at radius 3 is 2.41 bits per heavy atom. The summed E-state index contributed by atoms with van der Waals surface area (Å²) in [5, 5.41) is 14.6. The number of aryl methyl sites for hydroxylation is 1. The molecule has 0 radical (unpaired) electrons. The molecule has 0 saturated carbocycles. The van der Waals surface area contributed by atoms with E-state index in [4.69, 9.17) is 4.74 Å². The summed E-state index contributed by atoms with van der Waals surface area (Å²) in [5.41, 5.74) is 2.47. The highest BCUT2D eigenvalue weighted by Gasteiger charge is 2.24. The van der Waals surface area contributed by atoms with Gasteiger partial charge in [-0.05, 0) is 13.8 Å². The number of ether oxygens (including phenoxy) is 1. The first-order valence-electron chi connectivity index (χ1n) is 12.3. The molecule has 1 fully saturated rings. The summed E-state index contributed by atoms with van der Waals surface area (Å²) in [7, 11) is 0. The number of esters is 1. The van der Waals surface area contributed by atoms with E-state index in [-0.39, 0.29) is 12.5 Å². The number of nitrogens with one attached hydrogen (secondary N) is 1. The van der Waals surface area contributed by atoms with Gasteiger partial charge in [-0.15, -0.1) is 10.2 Å². The highest BCUT2D eigenvalue weighted by molar-refractivity contribution is 7.17. The van der Waals surface area contributed by atoms with Crippen LogP contribution in [0.15, 0.2) is 54.6 Å². The molecule has 4 aromatic rings. The van der Waals surface area contributed by atoms with Crippen molar-refractivity contribution in [2.75, 3.05) is 49.5 Å². The number of hydrogen-bond acceptors (Lipinski definition) is 9. The summed E-state index contributed by atoms with van der Waals surface area (Å²) >= 11 is 1.14. The van der Waals surface area contributed by atoms with Crippen molar-refractivity contribution in [2.24, 2.45) is 0 Å². The second-order valence-electron chi connectivity index (χ2n) is 8.75. The number of piperazine rings is 1. The molecule has 1 N–H and O–H groups in total. The lowest BCUT2D eigenvalue weighted by atomic mass is 10.0. The van der Waals surface area contributed by atoms with Crippen molar-refractivity contribution >= 4 is 44.9 Å². The van der Waals surface area contributed by atoms with Crippen molar-refractivity contribution in [2.45, 2.75) is 13.8 Å². The Labute approximate surface area is 219 Å². The molecule has 5 rings (SSSR count). The largest absolute Gasteiger partial charge is 0.462 e. The van der Waals surface area contributed by atoms with E-state index in [1.165, 1.54) is 0 Å². The second kappa shape index (κ2) is 11.0. The molecular formula is C27H28N6O3S. The predicted molar refractivity (Wildman–Crippen MR) is 145 cm³/mol. The number of benzene rings is 2. The fraction of sp³-hybridized carbons (Fsp3) is 0.296. The minimum absolute atomic E-state index is 0.157. The first-order chi connectivity index (χ1) is 18.0. The van der Waals surface area contributed by atoms with Crippen LogP contribution < -0.4 is 10.2 Å². The fourth-order valence-electron chi connectivity index (χ4n) is 4.45.